The quantitative estimate of drug-likeness (QED) is 0.691. The van der Waals surface area contributed by atoms with E-state index in [1.54, 1.807) is 30.3 Å². The lowest BCUT2D eigenvalue weighted by Crippen LogP contribution is -2.11. The van der Waals surface area contributed by atoms with Crippen LogP contribution in [-0.4, -0.2) is 18.3 Å². The van der Waals surface area contributed by atoms with Crippen molar-refractivity contribution in [1.82, 2.24) is 0 Å². The number of fused-ring (bicyclic) bond motifs is 1. The summed E-state index contributed by atoms with van der Waals surface area (Å²) < 4.78 is 5.61. The Kier molecular flexibility index (Phi) is 4.61. The summed E-state index contributed by atoms with van der Waals surface area (Å²) in [4.78, 5) is 23.8. The second-order valence-electron chi connectivity index (χ2n) is 6.52. The first kappa shape index (κ1) is 17.5. The van der Waals surface area contributed by atoms with Crippen molar-refractivity contribution < 1.29 is 14.3 Å². The fourth-order valence-electron chi connectivity index (χ4n) is 3.12. The van der Waals surface area contributed by atoms with Crippen molar-refractivity contribution in [3.05, 3.63) is 83.4 Å². The van der Waals surface area contributed by atoms with Crippen molar-refractivity contribution in [2.24, 2.45) is 0 Å². The lowest BCUT2D eigenvalue weighted by molar-refractivity contribution is -0.115. The molecule has 0 saturated heterocycles. The van der Waals surface area contributed by atoms with Crippen LogP contribution in [0.15, 0.2) is 66.7 Å². The zero-order chi connectivity index (χ0) is 19.5. The van der Waals surface area contributed by atoms with Crippen LogP contribution in [0.4, 0.5) is 5.69 Å². The van der Waals surface area contributed by atoms with Crippen molar-refractivity contribution in [2.75, 3.05) is 11.9 Å². The molecule has 0 unspecified atom stereocenters. The van der Waals surface area contributed by atoms with Gasteiger partial charge in [-0.25, -0.2) is 0 Å². The highest BCUT2D eigenvalue weighted by Crippen LogP contribution is 2.25. The summed E-state index contributed by atoms with van der Waals surface area (Å²) in [6.07, 6.45) is 0.300. The van der Waals surface area contributed by atoms with E-state index in [0.717, 1.165) is 22.4 Å². The van der Waals surface area contributed by atoms with Gasteiger partial charge in [0.2, 0.25) is 5.91 Å². The minimum Gasteiger partial charge on any atom is -0.485 e. The zero-order valence-corrected chi connectivity index (χ0v) is 14.9. The molecule has 1 aliphatic heterocycles. The summed E-state index contributed by atoms with van der Waals surface area (Å²) in [7, 11) is 0. The smallest absolute Gasteiger partial charge is 0.228 e. The Morgan fingerprint density at radius 1 is 1.00 bits per heavy atom. The molecule has 3 aromatic rings. The minimum atomic E-state index is -0.140. The number of anilines is 1. The van der Waals surface area contributed by atoms with Crippen LogP contribution in [0, 0.1) is 11.3 Å². The Hall–Kier alpha value is -3.91. The second-order valence-corrected chi connectivity index (χ2v) is 6.52. The van der Waals surface area contributed by atoms with E-state index in [-0.39, 0.29) is 18.3 Å². The fourth-order valence-corrected chi connectivity index (χ4v) is 3.12. The second kappa shape index (κ2) is 7.37. The molecule has 0 fully saturated rings. The average Bonchev–Trinajstić information content (AvgIpc) is 3.11. The van der Waals surface area contributed by atoms with Crippen molar-refractivity contribution in [2.45, 2.75) is 6.42 Å². The number of nitrogens with one attached hydrogen (secondary N) is 1. The number of hydrogen-bond donors (Lipinski definition) is 1. The molecule has 0 radical (unpaired) electrons. The van der Waals surface area contributed by atoms with Gasteiger partial charge < -0.3 is 10.1 Å². The number of nitrogens with zero attached hydrogens (tertiary/aromatic N) is 1. The maximum Gasteiger partial charge on any atom is 0.228 e. The van der Waals surface area contributed by atoms with Gasteiger partial charge in [0.25, 0.3) is 0 Å². The minimum absolute atomic E-state index is 0.0572. The van der Waals surface area contributed by atoms with E-state index in [1.165, 1.54) is 0 Å². The van der Waals surface area contributed by atoms with E-state index in [1.807, 2.05) is 36.4 Å². The van der Waals surface area contributed by atoms with E-state index in [0.29, 0.717) is 23.3 Å². The molecule has 5 nitrogen and oxygen atoms in total. The van der Waals surface area contributed by atoms with Gasteiger partial charge >= 0.3 is 0 Å². The molecule has 1 aliphatic rings. The first-order valence-corrected chi connectivity index (χ1v) is 8.82. The van der Waals surface area contributed by atoms with Gasteiger partial charge in [0.05, 0.1) is 18.1 Å². The molecular weight excluding hydrogens is 352 g/mol. The number of amides is 1. The lowest BCUT2D eigenvalue weighted by Gasteiger charge is -2.08. The topological polar surface area (TPSA) is 79.2 Å². The van der Waals surface area contributed by atoms with Crippen molar-refractivity contribution in [3.63, 3.8) is 0 Å². The summed E-state index contributed by atoms with van der Waals surface area (Å²) in [5.74, 6) is 0.403. The van der Waals surface area contributed by atoms with Crippen molar-refractivity contribution in [3.8, 4) is 22.9 Å². The average molecular weight is 368 g/mol. The standard InChI is InChI=1S/C23H16N2O3/c24-13-15-1-3-16(4-2-15)17-5-8-20(9-6-17)28-14-22(26)18-7-10-21-19(11-18)12-23(27)25-21/h1-11H,12,14H2,(H,25,27). The van der Waals surface area contributed by atoms with Gasteiger partial charge in [-0.2, -0.15) is 5.26 Å². The van der Waals surface area contributed by atoms with Crippen LogP contribution in [0.1, 0.15) is 21.5 Å². The van der Waals surface area contributed by atoms with Gasteiger partial charge in [0, 0.05) is 11.3 Å². The summed E-state index contributed by atoms with van der Waals surface area (Å²) in [6.45, 7) is -0.0730. The largest absolute Gasteiger partial charge is 0.485 e. The van der Waals surface area contributed by atoms with Crippen LogP contribution in [0.25, 0.3) is 11.1 Å². The fraction of sp³-hybridized carbons (Fsp3) is 0.0870. The number of rotatable bonds is 5. The Morgan fingerprint density at radius 2 is 1.68 bits per heavy atom. The summed E-state index contributed by atoms with van der Waals surface area (Å²) >= 11 is 0. The maximum absolute atomic E-state index is 12.4. The highest BCUT2D eigenvalue weighted by Gasteiger charge is 2.19. The van der Waals surface area contributed by atoms with Gasteiger partial charge in [-0.3, -0.25) is 9.59 Å². The third-order valence-electron chi connectivity index (χ3n) is 4.62. The number of benzene rings is 3. The number of ketones is 1. The van der Waals surface area contributed by atoms with E-state index < -0.39 is 0 Å². The summed E-state index contributed by atoms with van der Waals surface area (Å²) in [5, 5.41) is 11.6. The van der Waals surface area contributed by atoms with Crippen LogP contribution in [0.5, 0.6) is 5.75 Å². The number of Topliss-reactive ketones (excluding diaryl/α,β-unsaturated/α-hetero) is 1. The highest BCUT2D eigenvalue weighted by molar-refractivity contribution is 6.02. The number of nitriles is 1. The predicted octanol–water partition coefficient (Wildman–Crippen LogP) is 3.98. The molecule has 0 spiro atoms. The third kappa shape index (κ3) is 3.62. The molecule has 3 aromatic carbocycles. The van der Waals surface area contributed by atoms with E-state index in [4.69, 9.17) is 10.00 Å². The van der Waals surface area contributed by atoms with Crippen LogP contribution >= 0.6 is 0 Å². The first-order chi connectivity index (χ1) is 13.6. The predicted molar refractivity (Wildman–Crippen MR) is 105 cm³/mol. The molecule has 28 heavy (non-hydrogen) atoms. The summed E-state index contributed by atoms with van der Waals surface area (Å²) in [6, 6.07) is 22.1. The number of carbonyl (C=O) groups excluding carboxylic acids is 2. The number of carbonyl (C=O) groups is 2. The molecule has 0 bridgehead atoms. The molecule has 0 aliphatic carbocycles. The Bertz CT molecular complexity index is 1090. The maximum atomic E-state index is 12.4. The van der Waals surface area contributed by atoms with Crippen LogP contribution in [0.2, 0.25) is 0 Å². The molecule has 1 N–H and O–H groups in total. The molecular formula is C23H16N2O3. The third-order valence-corrected chi connectivity index (χ3v) is 4.62. The zero-order valence-electron chi connectivity index (χ0n) is 14.9. The van der Waals surface area contributed by atoms with Gasteiger partial charge in [-0.05, 0) is 59.2 Å². The Morgan fingerprint density at radius 3 is 2.36 bits per heavy atom. The van der Waals surface area contributed by atoms with Gasteiger partial charge in [-0.1, -0.05) is 24.3 Å². The Labute approximate surface area is 162 Å². The molecule has 5 heteroatoms. The van der Waals surface area contributed by atoms with Crippen LogP contribution in [-0.2, 0) is 11.2 Å². The SMILES string of the molecule is N#Cc1ccc(-c2ccc(OCC(=O)c3ccc4c(c3)CC(=O)N4)cc2)cc1. The van der Waals surface area contributed by atoms with Crippen LogP contribution < -0.4 is 10.1 Å². The highest BCUT2D eigenvalue weighted by atomic mass is 16.5. The molecule has 0 aromatic heterocycles. The Balaban J connectivity index is 1.40. The van der Waals surface area contributed by atoms with E-state index in [9.17, 15) is 9.59 Å². The molecule has 136 valence electrons. The number of hydrogen-bond acceptors (Lipinski definition) is 4. The summed E-state index contributed by atoms with van der Waals surface area (Å²) in [5.41, 5.74) is 4.75. The van der Waals surface area contributed by atoms with Gasteiger partial charge in [-0.15, -0.1) is 0 Å². The van der Waals surface area contributed by atoms with E-state index >= 15 is 0 Å². The van der Waals surface area contributed by atoms with Crippen LogP contribution in [0.3, 0.4) is 0 Å². The van der Waals surface area contributed by atoms with Crippen molar-refractivity contribution in [1.29, 1.82) is 5.26 Å². The number of ether oxygens (including phenoxy) is 1. The molecule has 1 amide bonds. The van der Waals surface area contributed by atoms with E-state index in [2.05, 4.69) is 11.4 Å². The lowest BCUT2D eigenvalue weighted by atomic mass is 10.0. The van der Waals surface area contributed by atoms with Gasteiger partial charge in [0.1, 0.15) is 5.75 Å². The molecule has 0 saturated carbocycles. The normalized spacial score (nSPS) is 12.0. The molecule has 1 heterocycles. The molecule has 0 atom stereocenters. The molecule has 4 rings (SSSR count). The first-order valence-electron chi connectivity index (χ1n) is 8.82. The van der Waals surface area contributed by atoms with Gasteiger partial charge in [0.15, 0.2) is 12.4 Å². The van der Waals surface area contributed by atoms with Crippen molar-refractivity contribution >= 4 is 17.4 Å². The monoisotopic (exact) mass is 368 g/mol.